The van der Waals surface area contributed by atoms with Gasteiger partial charge in [-0.2, -0.15) is 0 Å². The maximum absolute atomic E-state index is 12.4. The zero-order valence-electron chi connectivity index (χ0n) is 21.0. The number of ether oxygens (including phenoxy) is 6. The standard InChI is InChI=1S/C17H31O18P3/c1-6-7-8-31-9-10-11(33-15(18)36(21,22)28-3)12(34-16(19)37(23,24)29-4)13(14(27-2)32-10)35-17(20)38(25,26)30-5/h10-14H,6-9H2,1-5H3,(H,21,22)(H,23,24)(H,25,26)/t10-,11-,12-,13+,14-/m1/s1. The lowest BCUT2D eigenvalue weighted by atomic mass is 9.98. The number of hydrogen-bond donors (Lipinski definition) is 3. The van der Waals surface area contributed by atoms with Gasteiger partial charge in [0, 0.05) is 35.0 Å². The van der Waals surface area contributed by atoms with Crippen molar-refractivity contribution in [2.45, 2.75) is 50.5 Å². The van der Waals surface area contributed by atoms with Gasteiger partial charge in [-0.3, -0.25) is 0 Å². The number of hydrogen-bond acceptors (Lipinski definition) is 15. The molecule has 18 nitrogen and oxygen atoms in total. The second-order valence-electron chi connectivity index (χ2n) is 7.36. The second-order valence-corrected chi connectivity index (χ2v) is 12.7. The molecule has 1 heterocycles. The lowest BCUT2D eigenvalue weighted by Gasteiger charge is -2.44. The Balaban J connectivity index is 3.60. The summed E-state index contributed by atoms with van der Waals surface area (Å²) in [6.07, 6.45) is -8.11. The SMILES string of the molecule is CCCCOC[C@H]1O[C@@H](OC)[C@@H](OC(=O)P(=O)(O)OC)[C@H](OC(=O)P(=O)(O)OC)[C@@H]1OC(=O)P(=O)(O)OC. The van der Waals surface area contributed by atoms with Gasteiger partial charge in [-0.1, -0.05) is 13.3 Å². The first-order valence-electron chi connectivity index (χ1n) is 10.7. The third-order valence-electron chi connectivity index (χ3n) is 4.89. The van der Waals surface area contributed by atoms with Crippen molar-refractivity contribution >= 4 is 39.9 Å². The lowest BCUT2D eigenvalue weighted by molar-refractivity contribution is -0.291. The molecule has 0 aromatic rings. The molecule has 1 saturated heterocycles. The van der Waals surface area contributed by atoms with E-state index in [4.69, 9.17) is 28.4 Å². The van der Waals surface area contributed by atoms with Crippen molar-refractivity contribution in [1.29, 1.82) is 0 Å². The normalized spacial score (nSPS) is 28.3. The smallest absolute Gasteiger partial charge is 0.435 e. The lowest BCUT2D eigenvalue weighted by Crippen LogP contribution is -2.62. The van der Waals surface area contributed by atoms with Crippen LogP contribution < -0.4 is 0 Å². The Bertz CT molecular complexity index is 970. The van der Waals surface area contributed by atoms with Crippen LogP contribution in [0, 0.1) is 0 Å². The van der Waals surface area contributed by atoms with Crippen molar-refractivity contribution in [1.82, 2.24) is 0 Å². The quantitative estimate of drug-likeness (QED) is 0.135. The summed E-state index contributed by atoms with van der Waals surface area (Å²) in [5.74, 6) is 0. The zero-order chi connectivity index (χ0) is 29.3. The first kappa shape index (κ1) is 34.8. The second kappa shape index (κ2) is 14.9. The molecule has 0 aliphatic carbocycles. The Hall–Kier alpha value is -1.26. The van der Waals surface area contributed by atoms with Gasteiger partial charge in [-0.25, -0.2) is 28.1 Å². The molecule has 0 amide bonds. The highest BCUT2D eigenvalue weighted by atomic mass is 31.2. The Kier molecular flexibility index (Phi) is 13.7. The minimum atomic E-state index is -5.12. The van der Waals surface area contributed by atoms with E-state index in [0.717, 1.165) is 20.6 Å². The number of unbranched alkanes of at least 4 members (excludes halogenated alkanes) is 1. The molecule has 3 N–H and O–H groups in total. The maximum atomic E-state index is 12.4. The van der Waals surface area contributed by atoms with E-state index in [1.807, 2.05) is 6.92 Å². The highest BCUT2D eigenvalue weighted by Crippen LogP contribution is 2.48. The summed E-state index contributed by atoms with van der Waals surface area (Å²) >= 11 is 0. The molecular formula is C17H31O18P3. The molecule has 1 aliphatic heterocycles. The Morgan fingerprint density at radius 1 is 0.737 bits per heavy atom. The van der Waals surface area contributed by atoms with E-state index in [0.29, 0.717) is 20.6 Å². The third kappa shape index (κ3) is 9.15. The van der Waals surface area contributed by atoms with Gasteiger partial charge in [0.1, 0.15) is 6.10 Å². The van der Waals surface area contributed by atoms with Crippen LogP contribution in [-0.4, -0.2) is 104 Å². The molecule has 1 fully saturated rings. The maximum Gasteiger partial charge on any atom is 0.435 e. The highest BCUT2D eigenvalue weighted by Gasteiger charge is 2.56. The molecule has 21 heteroatoms. The predicted octanol–water partition coefficient (Wildman–Crippen LogP) is 2.19. The molecule has 0 aromatic carbocycles. The average molecular weight is 616 g/mol. The van der Waals surface area contributed by atoms with Crippen LogP contribution in [0.4, 0.5) is 14.4 Å². The number of rotatable bonds is 15. The van der Waals surface area contributed by atoms with Crippen molar-refractivity contribution in [2.24, 2.45) is 0 Å². The van der Waals surface area contributed by atoms with Gasteiger partial charge in [0.2, 0.25) is 0 Å². The first-order valence-corrected chi connectivity index (χ1v) is 15.4. The molecule has 0 bridgehead atoms. The first-order chi connectivity index (χ1) is 17.6. The van der Waals surface area contributed by atoms with E-state index >= 15 is 0 Å². The van der Waals surface area contributed by atoms with Gasteiger partial charge in [0.05, 0.1) is 6.61 Å². The Morgan fingerprint density at radius 3 is 1.55 bits per heavy atom. The van der Waals surface area contributed by atoms with E-state index in [1.165, 1.54) is 0 Å². The summed E-state index contributed by atoms with van der Waals surface area (Å²) < 4.78 is 79.7. The van der Waals surface area contributed by atoms with E-state index in [-0.39, 0.29) is 6.61 Å². The monoisotopic (exact) mass is 616 g/mol. The fraction of sp³-hybridized carbons (Fsp3) is 0.824. The molecule has 3 unspecified atom stereocenters. The van der Waals surface area contributed by atoms with Crippen LogP contribution in [0.3, 0.4) is 0 Å². The fourth-order valence-corrected chi connectivity index (χ4v) is 4.03. The fourth-order valence-electron chi connectivity index (χ4n) is 2.82. The van der Waals surface area contributed by atoms with E-state index in [1.54, 1.807) is 0 Å². The molecule has 1 rings (SSSR count). The molecule has 0 saturated carbocycles. The summed E-state index contributed by atoms with van der Waals surface area (Å²) in [6, 6.07) is 0. The summed E-state index contributed by atoms with van der Waals surface area (Å²) in [4.78, 5) is 66.2. The molecule has 222 valence electrons. The van der Waals surface area contributed by atoms with Crippen LogP contribution in [0.5, 0.6) is 0 Å². The minimum Gasteiger partial charge on any atom is -0.446 e. The van der Waals surface area contributed by atoms with Gasteiger partial charge in [0.25, 0.3) is 0 Å². The van der Waals surface area contributed by atoms with Crippen molar-refractivity contribution in [2.75, 3.05) is 41.7 Å². The van der Waals surface area contributed by atoms with Crippen molar-refractivity contribution < 1.29 is 84.8 Å². The minimum absolute atomic E-state index is 0.172. The molecule has 0 spiro atoms. The largest absolute Gasteiger partial charge is 0.446 e. The van der Waals surface area contributed by atoms with E-state index in [9.17, 15) is 42.8 Å². The summed E-state index contributed by atoms with van der Waals surface area (Å²) in [7, 11) is -12.1. The van der Waals surface area contributed by atoms with E-state index < -0.39 is 77.2 Å². The molecule has 0 aromatic heterocycles. The third-order valence-corrected chi connectivity index (χ3v) is 8.08. The van der Waals surface area contributed by atoms with Gasteiger partial charge >= 0.3 is 39.9 Å². The van der Waals surface area contributed by atoms with Crippen molar-refractivity contribution in [3.8, 4) is 0 Å². The van der Waals surface area contributed by atoms with E-state index in [2.05, 4.69) is 13.6 Å². The highest BCUT2D eigenvalue weighted by molar-refractivity contribution is 7.71. The van der Waals surface area contributed by atoms with Crippen LogP contribution in [0.25, 0.3) is 0 Å². The van der Waals surface area contributed by atoms with Gasteiger partial charge < -0.3 is 56.7 Å². The number of methoxy groups -OCH3 is 1. The van der Waals surface area contributed by atoms with Crippen LogP contribution in [-0.2, 0) is 55.7 Å². The molecule has 0 radical (unpaired) electrons. The summed E-state index contributed by atoms with van der Waals surface area (Å²) in [5.41, 5.74) is -5.71. The van der Waals surface area contributed by atoms with Crippen LogP contribution >= 0.6 is 22.8 Å². The molecule has 1 aliphatic rings. The average Bonchev–Trinajstić information content (AvgIpc) is 2.88. The van der Waals surface area contributed by atoms with Gasteiger partial charge in [-0.05, 0) is 6.42 Å². The van der Waals surface area contributed by atoms with Gasteiger partial charge in [0.15, 0.2) is 24.6 Å². The zero-order valence-corrected chi connectivity index (χ0v) is 23.7. The topological polar surface area (TPSA) is 246 Å². The molecule has 38 heavy (non-hydrogen) atoms. The predicted molar refractivity (Wildman–Crippen MR) is 123 cm³/mol. The summed E-state index contributed by atoms with van der Waals surface area (Å²) in [6.45, 7) is 1.62. The van der Waals surface area contributed by atoms with Crippen LogP contribution in [0.15, 0.2) is 0 Å². The van der Waals surface area contributed by atoms with Crippen LogP contribution in [0.1, 0.15) is 19.8 Å². The molecule has 8 atom stereocenters. The molecular weight excluding hydrogens is 585 g/mol. The number of carbonyl (C=O) groups excluding carboxylic acids is 3. The van der Waals surface area contributed by atoms with Crippen molar-refractivity contribution in [3.05, 3.63) is 0 Å². The Labute approximate surface area is 217 Å². The number of carbonyl (C=O) groups is 3. The van der Waals surface area contributed by atoms with Gasteiger partial charge in [-0.15, -0.1) is 0 Å². The van der Waals surface area contributed by atoms with Crippen molar-refractivity contribution in [3.63, 3.8) is 0 Å². The Morgan fingerprint density at radius 2 is 1.16 bits per heavy atom. The summed E-state index contributed by atoms with van der Waals surface area (Å²) in [5, 5.41) is 0. The van der Waals surface area contributed by atoms with Crippen LogP contribution in [0.2, 0.25) is 0 Å².